The number of halogens is 1. The standard InChI is InChI=1S/C10H8BrN3O3/c1-17-8(15)3-7-10(16)14-9-6(13-7)2-5(11)4-12-9/h2,4H,3H2,1H3,(H,12,14,16). The number of fused-ring (bicyclic) bond motifs is 1. The van der Waals surface area contributed by atoms with Crippen LogP contribution in [0.5, 0.6) is 0 Å². The maximum absolute atomic E-state index is 11.6. The van der Waals surface area contributed by atoms with Crippen molar-refractivity contribution >= 4 is 33.1 Å². The van der Waals surface area contributed by atoms with Crippen LogP contribution in [-0.2, 0) is 16.0 Å². The summed E-state index contributed by atoms with van der Waals surface area (Å²) in [5, 5.41) is 0. The first-order valence-electron chi connectivity index (χ1n) is 4.71. The van der Waals surface area contributed by atoms with Crippen LogP contribution in [0.3, 0.4) is 0 Å². The minimum absolute atomic E-state index is 0.115. The molecule has 2 rings (SSSR count). The molecule has 0 spiro atoms. The highest BCUT2D eigenvalue weighted by Crippen LogP contribution is 2.12. The van der Waals surface area contributed by atoms with Gasteiger partial charge < -0.3 is 9.72 Å². The summed E-state index contributed by atoms with van der Waals surface area (Å²) in [6.45, 7) is 0. The van der Waals surface area contributed by atoms with Crippen molar-refractivity contribution in [3.63, 3.8) is 0 Å². The number of hydrogen-bond donors (Lipinski definition) is 1. The van der Waals surface area contributed by atoms with Crippen molar-refractivity contribution < 1.29 is 9.53 Å². The smallest absolute Gasteiger partial charge is 0.311 e. The number of esters is 1. The summed E-state index contributed by atoms with van der Waals surface area (Å²) in [4.78, 5) is 33.3. The Kier molecular flexibility index (Phi) is 3.19. The van der Waals surface area contributed by atoms with E-state index < -0.39 is 11.5 Å². The number of rotatable bonds is 2. The largest absolute Gasteiger partial charge is 0.469 e. The van der Waals surface area contributed by atoms with Crippen molar-refractivity contribution in [3.05, 3.63) is 32.8 Å². The Morgan fingerprint density at radius 3 is 3.06 bits per heavy atom. The van der Waals surface area contributed by atoms with Crippen molar-refractivity contribution in [3.8, 4) is 0 Å². The van der Waals surface area contributed by atoms with Gasteiger partial charge in [-0.3, -0.25) is 9.59 Å². The molecule has 1 N–H and O–H groups in total. The third-order valence-corrected chi connectivity index (χ3v) is 2.56. The third-order valence-electron chi connectivity index (χ3n) is 2.12. The fourth-order valence-electron chi connectivity index (χ4n) is 1.31. The summed E-state index contributed by atoms with van der Waals surface area (Å²) in [5.41, 5.74) is 0.576. The summed E-state index contributed by atoms with van der Waals surface area (Å²) < 4.78 is 5.23. The zero-order valence-electron chi connectivity index (χ0n) is 8.86. The average molecular weight is 298 g/mol. The number of carbonyl (C=O) groups is 1. The van der Waals surface area contributed by atoms with E-state index >= 15 is 0 Å². The van der Waals surface area contributed by atoms with E-state index in [0.717, 1.165) is 4.47 Å². The summed E-state index contributed by atoms with van der Waals surface area (Å²) in [7, 11) is 1.26. The molecule has 0 bridgehead atoms. The van der Waals surface area contributed by atoms with Gasteiger partial charge in [0.15, 0.2) is 5.65 Å². The molecule has 0 radical (unpaired) electrons. The highest BCUT2D eigenvalue weighted by Gasteiger charge is 2.10. The molecule has 0 saturated carbocycles. The molecule has 0 unspecified atom stereocenters. The molecule has 0 aromatic carbocycles. The number of pyridine rings is 1. The average Bonchev–Trinajstić information content (AvgIpc) is 2.30. The third kappa shape index (κ3) is 2.50. The zero-order valence-corrected chi connectivity index (χ0v) is 10.4. The number of carbonyl (C=O) groups excluding carboxylic acids is 1. The minimum atomic E-state index is -0.509. The van der Waals surface area contributed by atoms with E-state index in [2.05, 4.69) is 35.6 Å². The molecule has 2 heterocycles. The number of ether oxygens (including phenoxy) is 1. The van der Waals surface area contributed by atoms with Crippen LogP contribution in [0.25, 0.3) is 11.2 Å². The molecule has 17 heavy (non-hydrogen) atoms. The van der Waals surface area contributed by atoms with Crippen molar-refractivity contribution in [1.82, 2.24) is 15.0 Å². The van der Waals surface area contributed by atoms with Gasteiger partial charge in [0.25, 0.3) is 5.56 Å². The van der Waals surface area contributed by atoms with Gasteiger partial charge in [0.2, 0.25) is 0 Å². The summed E-state index contributed by atoms with van der Waals surface area (Å²) in [5.74, 6) is -0.509. The van der Waals surface area contributed by atoms with Gasteiger partial charge in [0.1, 0.15) is 11.2 Å². The second-order valence-corrected chi connectivity index (χ2v) is 4.20. The van der Waals surface area contributed by atoms with Crippen LogP contribution in [0, 0.1) is 0 Å². The molecular weight excluding hydrogens is 290 g/mol. The van der Waals surface area contributed by atoms with Gasteiger partial charge in [-0.05, 0) is 22.0 Å². The van der Waals surface area contributed by atoms with Crippen molar-refractivity contribution in [2.24, 2.45) is 0 Å². The van der Waals surface area contributed by atoms with E-state index in [1.54, 1.807) is 12.3 Å². The summed E-state index contributed by atoms with van der Waals surface area (Å²) in [6.07, 6.45) is 1.40. The highest BCUT2D eigenvalue weighted by molar-refractivity contribution is 9.10. The lowest BCUT2D eigenvalue weighted by Gasteiger charge is -2.01. The molecule has 0 atom stereocenters. The number of nitrogens with zero attached hydrogens (tertiary/aromatic N) is 2. The second kappa shape index (κ2) is 4.62. The van der Waals surface area contributed by atoms with E-state index in [1.165, 1.54) is 7.11 Å². The van der Waals surface area contributed by atoms with Crippen LogP contribution in [0.15, 0.2) is 21.5 Å². The lowest BCUT2D eigenvalue weighted by molar-refractivity contribution is -0.139. The van der Waals surface area contributed by atoms with E-state index in [4.69, 9.17) is 0 Å². The Morgan fingerprint density at radius 1 is 1.59 bits per heavy atom. The fraction of sp³-hybridized carbons (Fsp3) is 0.200. The van der Waals surface area contributed by atoms with Crippen LogP contribution < -0.4 is 5.56 Å². The Hall–Kier alpha value is -1.76. The molecule has 0 fully saturated rings. The zero-order chi connectivity index (χ0) is 12.4. The van der Waals surface area contributed by atoms with Gasteiger partial charge in [-0.1, -0.05) is 0 Å². The molecule has 0 aliphatic rings. The number of aromatic amines is 1. The van der Waals surface area contributed by atoms with Crippen LogP contribution in [-0.4, -0.2) is 28.0 Å². The predicted octanol–water partition coefficient (Wildman–Crippen LogP) is 0.796. The van der Waals surface area contributed by atoms with Gasteiger partial charge >= 0.3 is 5.97 Å². The molecule has 0 aliphatic heterocycles. The number of nitrogens with one attached hydrogen (secondary N) is 1. The lowest BCUT2D eigenvalue weighted by Crippen LogP contribution is -2.19. The first-order valence-corrected chi connectivity index (χ1v) is 5.50. The predicted molar refractivity (Wildman–Crippen MR) is 63.6 cm³/mol. The Labute approximate surface area is 104 Å². The van der Waals surface area contributed by atoms with Crippen LogP contribution in [0.2, 0.25) is 0 Å². The molecule has 0 aliphatic carbocycles. The van der Waals surface area contributed by atoms with Crippen molar-refractivity contribution in [1.29, 1.82) is 0 Å². The number of H-pyrrole nitrogens is 1. The van der Waals surface area contributed by atoms with Crippen LogP contribution in [0.1, 0.15) is 5.69 Å². The Morgan fingerprint density at radius 2 is 2.35 bits per heavy atom. The molecular formula is C10H8BrN3O3. The van der Waals surface area contributed by atoms with Crippen molar-refractivity contribution in [2.75, 3.05) is 7.11 Å². The van der Waals surface area contributed by atoms with Crippen LogP contribution in [0.4, 0.5) is 0 Å². The number of aromatic nitrogens is 3. The number of methoxy groups -OCH3 is 1. The number of hydrogen-bond acceptors (Lipinski definition) is 5. The van der Waals surface area contributed by atoms with Crippen LogP contribution >= 0.6 is 15.9 Å². The Balaban J connectivity index is 2.53. The van der Waals surface area contributed by atoms with E-state index in [-0.39, 0.29) is 12.1 Å². The second-order valence-electron chi connectivity index (χ2n) is 3.29. The molecule has 0 amide bonds. The molecule has 88 valence electrons. The van der Waals surface area contributed by atoms with Gasteiger partial charge in [-0.25, -0.2) is 9.97 Å². The Bertz CT molecular complexity index is 638. The van der Waals surface area contributed by atoms with Gasteiger partial charge in [0, 0.05) is 10.7 Å². The first-order chi connectivity index (χ1) is 8.10. The monoisotopic (exact) mass is 297 g/mol. The minimum Gasteiger partial charge on any atom is -0.469 e. The normalized spacial score (nSPS) is 10.5. The molecule has 2 aromatic rings. The highest BCUT2D eigenvalue weighted by atomic mass is 79.9. The molecule has 7 heteroatoms. The molecule has 6 nitrogen and oxygen atoms in total. The summed E-state index contributed by atoms with van der Waals surface area (Å²) in [6, 6.07) is 1.71. The molecule has 2 aromatic heterocycles. The van der Waals surface area contributed by atoms with Gasteiger partial charge in [0.05, 0.1) is 13.5 Å². The topological polar surface area (TPSA) is 84.9 Å². The van der Waals surface area contributed by atoms with E-state index in [9.17, 15) is 9.59 Å². The quantitative estimate of drug-likeness (QED) is 0.829. The van der Waals surface area contributed by atoms with Gasteiger partial charge in [-0.15, -0.1) is 0 Å². The summed E-state index contributed by atoms with van der Waals surface area (Å²) >= 11 is 3.25. The SMILES string of the molecule is COC(=O)Cc1nc2cc(Br)cnc2[nH]c1=O. The van der Waals surface area contributed by atoms with Crippen molar-refractivity contribution in [2.45, 2.75) is 6.42 Å². The first kappa shape index (κ1) is 11.7. The van der Waals surface area contributed by atoms with E-state index in [0.29, 0.717) is 11.2 Å². The van der Waals surface area contributed by atoms with E-state index in [1.807, 2.05) is 0 Å². The maximum atomic E-state index is 11.6. The molecule has 0 saturated heterocycles. The fourth-order valence-corrected chi connectivity index (χ4v) is 1.63. The lowest BCUT2D eigenvalue weighted by atomic mass is 10.3. The van der Waals surface area contributed by atoms with Gasteiger partial charge in [-0.2, -0.15) is 0 Å². The maximum Gasteiger partial charge on any atom is 0.311 e.